The van der Waals surface area contributed by atoms with E-state index in [0.717, 1.165) is 0 Å². The summed E-state index contributed by atoms with van der Waals surface area (Å²) < 4.78 is 0. The molecule has 0 saturated carbocycles. The molecular weight excluding hydrogens is 106 g/mol. The van der Waals surface area contributed by atoms with E-state index in [1.54, 1.807) is 0 Å². The Morgan fingerprint density at radius 3 is 2.00 bits per heavy atom. The Morgan fingerprint density at radius 1 is 1.57 bits per heavy atom. The van der Waals surface area contributed by atoms with Gasteiger partial charge in [-0.25, -0.2) is 0 Å². The zero-order chi connectivity index (χ0) is 5.86. The van der Waals surface area contributed by atoms with Crippen LogP contribution in [0.15, 0.2) is 0 Å². The van der Waals surface area contributed by atoms with Crippen molar-refractivity contribution in [1.29, 1.82) is 0 Å². The summed E-state index contributed by atoms with van der Waals surface area (Å²) >= 11 is 4.73. The van der Waals surface area contributed by atoms with Crippen LogP contribution in [0.1, 0.15) is 13.8 Å². The first-order valence-electron chi connectivity index (χ1n) is 2.52. The largest absolute Gasteiger partial charge is 0.327 e. The second-order valence-electron chi connectivity index (χ2n) is 2.07. The van der Waals surface area contributed by atoms with Crippen LogP contribution >= 0.6 is 12.6 Å². The van der Waals surface area contributed by atoms with E-state index >= 15 is 0 Å². The molecule has 0 rings (SSSR count). The van der Waals surface area contributed by atoms with Crippen molar-refractivity contribution >= 4 is 12.6 Å². The lowest BCUT2D eigenvalue weighted by Gasteiger charge is -2.09. The Balaban J connectivity index is 3.14. The van der Waals surface area contributed by atoms with Crippen LogP contribution in [0.3, 0.4) is 0 Å². The summed E-state index contributed by atoms with van der Waals surface area (Å²) in [5.74, 6) is 1.22. The van der Waals surface area contributed by atoms with E-state index in [1.165, 1.54) is 0 Å². The van der Waals surface area contributed by atoms with Crippen LogP contribution in [0, 0.1) is 5.92 Å². The molecule has 1 atom stereocenters. The predicted molar refractivity (Wildman–Crippen MR) is 35.3 cm³/mol. The fraction of sp³-hybridized carbons (Fsp3) is 1.00. The van der Waals surface area contributed by atoms with E-state index < -0.39 is 0 Å². The van der Waals surface area contributed by atoms with E-state index in [1.807, 2.05) is 0 Å². The molecule has 0 aliphatic heterocycles. The van der Waals surface area contributed by atoms with Gasteiger partial charge in [0.25, 0.3) is 0 Å². The quantitative estimate of drug-likeness (QED) is 0.578. The standard InChI is InChI=1S/C5H12NS/c1-4(2)5(6)3-7/h4-5H,3,6H2,1-2H3/t5-/m0/s1. The van der Waals surface area contributed by atoms with Crippen LogP contribution in [-0.4, -0.2) is 11.8 Å². The highest BCUT2D eigenvalue weighted by molar-refractivity contribution is 7.80. The maximum atomic E-state index is 5.51. The van der Waals surface area contributed by atoms with Crippen LogP contribution in [0.25, 0.3) is 0 Å². The molecule has 0 spiro atoms. The molecule has 0 saturated heterocycles. The molecule has 0 aliphatic carbocycles. The average Bonchev–Trinajstić information content (AvgIpc) is 1.65. The molecular formula is C5H12NS. The minimum absolute atomic E-state index is 0.218. The highest BCUT2D eigenvalue weighted by atomic mass is 32.1. The lowest BCUT2D eigenvalue weighted by Crippen LogP contribution is -2.27. The van der Waals surface area contributed by atoms with Crippen molar-refractivity contribution in [3.63, 3.8) is 0 Å². The first-order valence-corrected chi connectivity index (χ1v) is 3.10. The van der Waals surface area contributed by atoms with E-state index in [9.17, 15) is 0 Å². The first kappa shape index (κ1) is 7.31. The Morgan fingerprint density at radius 2 is 2.00 bits per heavy atom. The van der Waals surface area contributed by atoms with Crippen molar-refractivity contribution < 1.29 is 0 Å². The maximum absolute atomic E-state index is 5.51. The van der Waals surface area contributed by atoms with Crippen LogP contribution in [-0.2, 0) is 0 Å². The van der Waals surface area contributed by atoms with Crippen molar-refractivity contribution in [3.8, 4) is 0 Å². The number of hydrogen-bond donors (Lipinski definition) is 1. The van der Waals surface area contributed by atoms with Crippen molar-refractivity contribution in [2.75, 3.05) is 5.75 Å². The molecule has 43 valence electrons. The molecule has 1 radical (unpaired) electrons. The van der Waals surface area contributed by atoms with Crippen LogP contribution in [0.5, 0.6) is 0 Å². The molecule has 0 bridgehead atoms. The molecule has 2 heteroatoms. The number of hydrogen-bond acceptors (Lipinski definition) is 1. The van der Waals surface area contributed by atoms with Gasteiger partial charge in [0, 0.05) is 11.8 Å². The number of nitrogens with two attached hydrogens (primary N) is 1. The summed E-state index contributed by atoms with van der Waals surface area (Å²) in [5, 5.41) is 0. The summed E-state index contributed by atoms with van der Waals surface area (Å²) in [6.07, 6.45) is 0. The third kappa shape index (κ3) is 2.94. The highest BCUT2D eigenvalue weighted by Gasteiger charge is 2.02. The fourth-order valence-electron chi connectivity index (χ4n) is 0.192. The second kappa shape index (κ2) is 3.33. The molecule has 1 nitrogen and oxygen atoms in total. The van der Waals surface area contributed by atoms with E-state index in [2.05, 4.69) is 13.8 Å². The third-order valence-electron chi connectivity index (χ3n) is 1.05. The van der Waals surface area contributed by atoms with Crippen molar-refractivity contribution in [3.05, 3.63) is 0 Å². The van der Waals surface area contributed by atoms with Crippen molar-refractivity contribution in [2.24, 2.45) is 11.7 Å². The van der Waals surface area contributed by atoms with E-state index in [0.29, 0.717) is 11.7 Å². The summed E-state index contributed by atoms with van der Waals surface area (Å²) in [5.41, 5.74) is 5.51. The minimum Gasteiger partial charge on any atom is -0.327 e. The minimum atomic E-state index is 0.218. The molecule has 7 heavy (non-hydrogen) atoms. The predicted octanol–water partition coefficient (Wildman–Crippen LogP) is 1.17. The highest BCUT2D eigenvalue weighted by Crippen LogP contribution is 1.98. The average molecular weight is 118 g/mol. The topological polar surface area (TPSA) is 26.0 Å². The molecule has 2 N–H and O–H groups in total. The summed E-state index contributed by atoms with van der Waals surface area (Å²) in [6, 6.07) is 0.218. The smallest absolute Gasteiger partial charge is 0.0191 e. The van der Waals surface area contributed by atoms with Gasteiger partial charge >= 0.3 is 0 Å². The molecule has 0 fully saturated rings. The lowest BCUT2D eigenvalue weighted by molar-refractivity contribution is 0.536. The molecule has 0 aromatic heterocycles. The zero-order valence-corrected chi connectivity index (χ0v) is 5.66. The summed E-state index contributed by atoms with van der Waals surface area (Å²) in [4.78, 5) is 0. The van der Waals surface area contributed by atoms with Gasteiger partial charge in [-0.15, -0.1) is 0 Å². The van der Waals surface area contributed by atoms with Crippen molar-refractivity contribution in [2.45, 2.75) is 19.9 Å². The molecule has 0 aromatic rings. The van der Waals surface area contributed by atoms with Crippen LogP contribution in [0.4, 0.5) is 0 Å². The molecule has 0 aromatic carbocycles. The molecule has 0 unspecified atom stereocenters. The fourth-order valence-corrected chi connectivity index (χ4v) is 0.577. The van der Waals surface area contributed by atoms with Crippen LogP contribution < -0.4 is 5.73 Å². The van der Waals surface area contributed by atoms with E-state index in [-0.39, 0.29) is 6.04 Å². The Bertz CT molecular complexity index is 45.3. The molecule has 0 amide bonds. The van der Waals surface area contributed by atoms with Gasteiger partial charge in [-0.05, 0) is 5.92 Å². The van der Waals surface area contributed by atoms with Gasteiger partial charge < -0.3 is 5.73 Å². The summed E-state index contributed by atoms with van der Waals surface area (Å²) in [6.45, 7) is 4.16. The van der Waals surface area contributed by atoms with Gasteiger partial charge in [0.2, 0.25) is 0 Å². The summed E-state index contributed by atoms with van der Waals surface area (Å²) in [7, 11) is 0. The SMILES string of the molecule is CC(C)[C@@H](N)C[S]. The third-order valence-corrected chi connectivity index (χ3v) is 1.43. The molecule has 0 heterocycles. The van der Waals surface area contributed by atoms with Gasteiger partial charge in [-0.1, -0.05) is 26.5 Å². The number of rotatable bonds is 2. The Hall–Kier alpha value is 0.310. The van der Waals surface area contributed by atoms with Gasteiger partial charge in [0.15, 0.2) is 0 Å². The van der Waals surface area contributed by atoms with Gasteiger partial charge in [0.1, 0.15) is 0 Å². The zero-order valence-electron chi connectivity index (χ0n) is 4.85. The second-order valence-corrected chi connectivity index (χ2v) is 2.41. The van der Waals surface area contributed by atoms with Crippen molar-refractivity contribution in [1.82, 2.24) is 0 Å². The monoisotopic (exact) mass is 118 g/mol. The first-order chi connectivity index (χ1) is 3.18. The van der Waals surface area contributed by atoms with Gasteiger partial charge in [-0.2, -0.15) is 0 Å². The Kier molecular flexibility index (Phi) is 3.48. The van der Waals surface area contributed by atoms with Gasteiger partial charge in [-0.3, -0.25) is 0 Å². The normalized spacial score (nSPS) is 15.0. The van der Waals surface area contributed by atoms with E-state index in [4.69, 9.17) is 18.4 Å². The Labute approximate surface area is 50.7 Å². The maximum Gasteiger partial charge on any atom is 0.0191 e. The van der Waals surface area contributed by atoms with Crippen LogP contribution in [0.2, 0.25) is 0 Å². The lowest BCUT2D eigenvalue weighted by atomic mass is 10.1. The van der Waals surface area contributed by atoms with Gasteiger partial charge in [0.05, 0.1) is 0 Å². The molecule has 0 aliphatic rings.